The van der Waals surface area contributed by atoms with Crippen molar-refractivity contribution in [2.75, 3.05) is 5.32 Å². The first-order valence-electron chi connectivity index (χ1n) is 6.08. The number of rotatable bonds is 3. The van der Waals surface area contributed by atoms with Crippen LogP contribution in [0.5, 0.6) is 0 Å². The Morgan fingerprint density at radius 3 is 2.95 bits per heavy atom. The van der Waals surface area contributed by atoms with Crippen LogP contribution in [0.2, 0.25) is 0 Å². The highest BCUT2D eigenvalue weighted by molar-refractivity contribution is 5.84. The van der Waals surface area contributed by atoms with Crippen LogP contribution in [0, 0.1) is 0 Å². The molecule has 20 heavy (non-hydrogen) atoms. The zero-order valence-corrected chi connectivity index (χ0v) is 10.6. The van der Waals surface area contributed by atoms with Crippen molar-refractivity contribution in [1.29, 1.82) is 0 Å². The molecule has 3 aromatic rings. The van der Waals surface area contributed by atoms with Crippen molar-refractivity contribution in [3.63, 3.8) is 0 Å². The van der Waals surface area contributed by atoms with Crippen LogP contribution in [0.1, 0.15) is 5.56 Å². The molecule has 0 saturated heterocycles. The van der Waals surface area contributed by atoms with Crippen LogP contribution in [0.3, 0.4) is 0 Å². The van der Waals surface area contributed by atoms with E-state index >= 15 is 0 Å². The molecule has 0 aliphatic heterocycles. The molecule has 3 rings (SSSR count). The van der Waals surface area contributed by atoms with Crippen LogP contribution in [0.15, 0.2) is 55.0 Å². The summed E-state index contributed by atoms with van der Waals surface area (Å²) in [5, 5.41) is 6.65. The van der Waals surface area contributed by atoms with Crippen LogP contribution in [-0.2, 0) is 11.3 Å². The zero-order chi connectivity index (χ0) is 13.8. The number of hydrogen-bond donors (Lipinski definition) is 1. The van der Waals surface area contributed by atoms with Crippen molar-refractivity contribution >= 4 is 17.4 Å². The minimum Gasteiger partial charge on any atom is -0.444 e. The molecule has 2 aromatic heterocycles. The zero-order valence-electron chi connectivity index (χ0n) is 10.6. The van der Waals surface area contributed by atoms with Gasteiger partial charge in [0.1, 0.15) is 6.61 Å². The number of amides is 1. The summed E-state index contributed by atoms with van der Waals surface area (Å²) in [6, 6.07) is 11.3. The van der Waals surface area contributed by atoms with Crippen LogP contribution >= 0.6 is 0 Å². The third-order valence-electron chi connectivity index (χ3n) is 2.71. The quantitative estimate of drug-likeness (QED) is 0.792. The van der Waals surface area contributed by atoms with Gasteiger partial charge in [0, 0.05) is 6.07 Å². The van der Waals surface area contributed by atoms with Crippen molar-refractivity contribution in [2.45, 2.75) is 6.61 Å². The van der Waals surface area contributed by atoms with Crippen LogP contribution in [0.4, 0.5) is 10.5 Å². The van der Waals surface area contributed by atoms with Crippen LogP contribution in [-0.4, -0.2) is 20.7 Å². The number of aromatic nitrogens is 3. The number of ether oxygens (including phenoxy) is 1. The van der Waals surface area contributed by atoms with Gasteiger partial charge in [-0.1, -0.05) is 30.3 Å². The average Bonchev–Trinajstić information content (AvgIpc) is 2.94. The van der Waals surface area contributed by atoms with Gasteiger partial charge < -0.3 is 4.74 Å². The first-order valence-corrected chi connectivity index (χ1v) is 6.08. The highest BCUT2D eigenvalue weighted by Crippen LogP contribution is 2.08. The van der Waals surface area contributed by atoms with E-state index in [1.807, 2.05) is 30.3 Å². The Labute approximate surface area is 115 Å². The second kappa shape index (κ2) is 5.40. The van der Waals surface area contributed by atoms with E-state index in [-0.39, 0.29) is 6.61 Å². The van der Waals surface area contributed by atoms with Gasteiger partial charge in [-0.15, -0.1) is 0 Å². The fraction of sp³-hybridized carbons (Fsp3) is 0.0714. The van der Waals surface area contributed by atoms with E-state index in [0.717, 1.165) is 5.56 Å². The summed E-state index contributed by atoms with van der Waals surface area (Å²) in [7, 11) is 0. The van der Waals surface area contributed by atoms with Gasteiger partial charge >= 0.3 is 6.09 Å². The van der Waals surface area contributed by atoms with Crippen molar-refractivity contribution in [1.82, 2.24) is 14.6 Å². The number of carbonyl (C=O) groups is 1. The van der Waals surface area contributed by atoms with E-state index < -0.39 is 6.09 Å². The van der Waals surface area contributed by atoms with Gasteiger partial charge in [-0.3, -0.25) is 5.32 Å². The molecule has 0 spiro atoms. The molecule has 0 radical (unpaired) electrons. The molecule has 6 heteroatoms. The fourth-order valence-electron chi connectivity index (χ4n) is 1.75. The molecule has 1 aromatic carbocycles. The number of carbonyl (C=O) groups excluding carboxylic acids is 1. The predicted octanol–water partition coefficient (Wildman–Crippen LogP) is 2.48. The molecule has 1 N–H and O–H groups in total. The molecule has 0 atom stereocenters. The van der Waals surface area contributed by atoms with E-state index in [4.69, 9.17) is 4.74 Å². The lowest BCUT2D eigenvalue weighted by atomic mass is 10.2. The number of hydrogen-bond acceptors (Lipinski definition) is 4. The van der Waals surface area contributed by atoms with Crippen LogP contribution in [0.25, 0.3) is 5.65 Å². The Balaban J connectivity index is 1.61. The summed E-state index contributed by atoms with van der Waals surface area (Å²) in [6.45, 7) is 0.226. The largest absolute Gasteiger partial charge is 0.444 e. The normalized spacial score (nSPS) is 10.4. The van der Waals surface area contributed by atoms with Gasteiger partial charge in [0.15, 0.2) is 5.65 Å². The molecule has 100 valence electrons. The van der Waals surface area contributed by atoms with E-state index in [1.54, 1.807) is 29.2 Å². The van der Waals surface area contributed by atoms with Gasteiger partial charge in [-0.25, -0.2) is 14.3 Å². The molecule has 0 saturated carbocycles. The third-order valence-corrected chi connectivity index (χ3v) is 2.71. The second-order valence-electron chi connectivity index (χ2n) is 4.16. The summed E-state index contributed by atoms with van der Waals surface area (Å²) in [5.41, 5.74) is 2.18. The summed E-state index contributed by atoms with van der Waals surface area (Å²) in [5.74, 6) is 0. The van der Waals surface area contributed by atoms with Crippen molar-refractivity contribution in [2.24, 2.45) is 0 Å². The number of nitrogens with one attached hydrogen (secondary N) is 1. The summed E-state index contributed by atoms with van der Waals surface area (Å²) in [4.78, 5) is 15.8. The van der Waals surface area contributed by atoms with E-state index in [2.05, 4.69) is 15.4 Å². The molecule has 2 heterocycles. The summed E-state index contributed by atoms with van der Waals surface area (Å²) in [6.07, 6.45) is 4.34. The number of nitrogens with zero attached hydrogens (tertiary/aromatic N) is 3. The SMILES string of the molecule is O=C(Nc1cnc2ccnn2c1)OCc1ccccc1. The third kappa shape index (κ3) is 2.74. The molecule has 0 aliphatic carbocycles. The minimum atomic E-state index is -0.526. The maximum absolute atomic E-state index is 11.7. The standard InChI is InChI=1S/C14H12N4O2/c19-14(20-10-11-4-2-1-3-5-11)17-12-8-15-13-6-7-16-18(13)9-12/h1-9H,10H2,(H,17,19). The molecule has 0 bridgehead atoms. The second-order valence-corrected chi connectivity index (χ2v) is 4.16. The number of fused-ring (bicyclic) bond motifs is 1. The van der Waals surface area contributed by atoms with Gasteiger partial charge in [0.05, 0.1) is 24.3 Å². The maximum atomic E-state index is 11.7. The topological polar surface area (TPSA) is 68.5 Å². The van der Waals surface area contributed by atoms with E-state index in [9.17, 15) is 4.79 Å². The Hall–Kier alpha value is -2.89. The van der Waals surface area contributed by atoms with Gasteiger partial charge in [-0.05, 0) is 5.56 Å². The highest BCUT2D eigenvalue weighted by Gasteiger charge is 2.05. The molecule has 0 unspecified atom stereocenters. The van der Waals surface area contributed by atoms with E-state index in [0.29, 0.717) is 11.3 Å². The Morgan fingerprint density at radius 1 is 1.25 bits per heavy atom. The molecule has 0 fully saturated rings. The summed E-state index contributed by atoms with van der Waals surface area (Å²) >= 11 is 0. The Bertz CT molecular complexity index is 724. The monoisotopic (exact) mass is 268 g/mol. The molecule has 1 amide bonds. The average molecular weight is 268 g/mol. The van der Waals surface area contributed by atoms with Crippen molar-refractivity contribution < 1.29 is 9.53 Å². The Kier molecular flexibility index (Phi) is 3.28. The molecular weight excluding hydrogens is 256 g/mol. The maximum Gasteiger partial charge on any atom is 0.412 e. The van der Waals surface area contributed by atoms with Crippen LogP contribution < -0.4 is 5.32 Å². The fourth-order valence-corrected chi connectivity index (χ4v) is 1.75. The van der Waals surface area contributed by atoms with Crippen molar-refractivity contribution in [3.05, 3.63) is 60.6 Å². The predicted molar refractivity (Wildman–Crippen MR) is 73.2 cm³/mol. The molecular formula is C14H12N4O2. The van der Waals surface area contributed by atoms with Gasteiger partial charge in [0.2, 0.25) is 0 Å². The van der Waals surface area contributed by atoms with Gasteiger partial charge in [0.25, 0.3) is 0 Å². The van der Waals surface area contributed by atoms with Crippen molar-refractivity contribution in [3.8, 4) is 0 Å². The number of benzene rings is 1. The van der Waals surface area contributed by atoms with Gasteiger partial charge in [-0.2, -0.15) is 5.10 Å². The molecule has 0 aliphatic rings. The first-order chi connectivity index (χ1) is 9.81. The lowest BCUT2D eigenvalue weighted by Gasteiger charge is -2.06. The smallest absolute Gasteiger partial charge is 0.412 e. The molecule has 6 nitrogen and oxygen atoms in total. The minimum absolute atomic E-state index is 0.226. The number of anilines is 1. The first kappa shape index (κ1) is 12.2. The van der Waals surface area contributed by atoms with E-state index in [1.165, 1.54) is 0 Å². The summed E-state index contributed by atoms with van der Waals surface area (Å²) < 4.78 is 6.69. The Morgan fingerprint density at radius 2 is 2.10 bits per heavy atom. The lowest BCUT2D eigenvalue weighted by molar-refractivity contribution is 0.155. The highest BCUT2D eigenvalue weighted by atomic mass is 16.5. The lowest BCUT2D eigenvalue weighted by Crippen LogP contribution is -2.14.